The summed E-state index contributed by atoms with van der Waals surface area (Å²) in [4.78, 5) is 0. The molecule has 3 aliphatic heterocycles. The van der Waals surface area contributed by atoms with Crippen LogP contribution in [0.5, 0.6) is 0 Å². The summed E-state index contributed by atoms with van der Waals surface area (Å²) >= 11 is 0. The topological polar surface area (TPSA) is 51.1 Å². The molecule has 4 heterocycles. The van der Waals surface area contributed by atoms with Crippen molar-refractivity contribution >= 4 is 36.2 Å². The molecular formula is C33H39B2NO5. The lowest BCUT2D eigenvalue weighted by molar-refractivity contribution is 0.00578. The fourth-order valence-corrected chi connectivity index (χ4v) is 6.16. The van der Waals surface area contributed by atoms with Gasteiger partial charge in [-0.05, 0) is 73.0 Å². The molecule has 0 spiro atoms. The Balaban J connectivity index is 1.28. The van der Waals surface area contributed by atoms with Crippen molar-refractivity contribution in [2.75, 3.05) is 0 Å². The Hall–Kier alpha value is -2.77. The molecule has 2 atom stereocenters. The summed E-state index contributed by atoms with van der Waals surface area (Å²) in [5, 5.41) is 1.13. The first kappa shape index (κ1) is 27.1. The van der Waals surface area contributed by atoms with Gasteiger partial charge in [0.2, 0.25) is 6.23 Å². The second kappa shape index (κ2) is 8.87. The molecule has 4 aliphatic rings. The van der Waals surface area contributed by atoms with Crippen LogP contribution < -0.4 is 5.46 Å². The molecule has 41 heavy (non-hydrogen) atoms. The van der Waals surface area contributed by atoms with E-state index in [2.05, 4.69) is 121 Å². The van der Waals surface area contributed by atoms with Crippen LogP contribution in [0.4, 0.5) is 0 Å². The largest absolute Gasteiger partial charge is 0.494 e. The molecule has 0 amide bonds. The molecule has 0 radical (unpaired) electrons. The van der Waals surface area contributed by atoms with Crippen LogP contribution in [0.25, 0.3) is 16.5 Å². The molecule has 2 aromatic carbocycles. The molecular weight excluding hydrogens is 512 g/mol. The van der Waals surface area contributed by atoms with Gasteiger partial charge in [-0.25, -0.2) is 0 Å². The maximum atomic E-state index is 6.88. The highest BCUT2D eigenvalue weighted by Crippen LogP contribution is 2.48. The van der Waals surface area contributed by atoms with Gasteiger partial charge < -0.3 is 27.9 Å². The first-order valence-electron chi connectivity index (χ1n) is 14.8. The summed E-state index contributed by atoms with van der Waals surface area (Å²) in [6, 6.07) is 19.2. The highest BCUT2D eigenvalue weighted by molar-refractivity contribution is 6.62. The van der Waals surface area contributed by atoms with E-state index in [4.69, 9.17) is 23.4 Å². The first-order valence-corrected chi connectivity index (χ1v) is 14.8. The molecule has 0 bridgehead atoms. The Morgan fingerprint density at radius 1 is 0.756 bits per heavy atom. The predicted octanol–water partition coefficient (Wildman–Crippen LogP) is 6.65. The monoisotopic (exact) mass is 551 g/mol. The molecule has 6 nitrogen and oxygen atoms in total. The Labute approximate surface area is 243 Å². The summed E-state index contributed by atoms with van der Waals surface area (Å²) in [7, 11) is -0.730. The smallest absolute Gasteiger partial charge is 0.470 e. The van der Waals surface area contributed by atoms with Crippen molar-refractivity contribution in [3.05, 3.63) is 83.8 Å². The van der Waals surface area contributed by atoms with E-state index in [1.54, 1.807) is 0 Å². The summed E-state index contributed by atoms with van der Waals surface area (Å²) in [5.41, 5.74) is 3.96. The number of aromatic nitrogens is 1. The van der Waals surface area contributed by atoms with Gasteiger partial charge >= 0.3 is 14.2 Å². The zero-order valence-corrected chi connectivity index (χ0v) is 25.4. The fourth-order valence-electron chi connectivity index (χ4n) is 6.16. The predicted molar refractivity (Wildman–Crippen MR) is 164 cm³/mol. The number of fused-ring (bicyclic) bond motifs is 4. The molecule has 0 saturated carbocycles. The van der Waals surface area contributed by atoms with Crippen molar-refractivity contribution in [2.24, 2.45) is 0 Å². The third-order valence-electron chi connectivity index (χ3n) is 10.1. The standard InChI is InChI=1S/C33H39B2NO5/c1-30(2)31(3,4)39-34(38-30)23-15-17-26-22(18-23)19-27-25-16-14-24(35-40-32(5,6)33(7,8)41-35)20-28(25)37-29(36(26)27)21-12-10-9-11-13-21/h9-19,24,29H,20H2,1-8H3. The Bertz CT molecular complexity index is 1550. The highest BCUT2D eigenvalue weighted by Gasteiger charge is 2.54. The minimum Gasteiger partial charge on any atom is -0.470 e. The van der Waals surface area contributed by atoms with Gasteiger partial charge in [0, 0.05) is 28.8 Å². The van der Waals surface area contributed by atoms with Crippen molar-refractivity contribution < 1.29 is 23.4 Å². The quantitative estimate of drug-likeness (QED) is 0.342. The van der Waals surface area contributed by atoms with Gasteiger partial charge in [0.1, 0.15) is 5.76 Å². The maximum absolute atomic E-state index is 6.88. The molecule has 2 fully saturated rings. The number of hydrogen-bond acceptors (Lipinski definition) is 5. The molecule has 1 aromatic heterocycles. The lowest BCUT2D eigenvalue weighted by atomic mass is 9.67. The van der Waals surface area contributed by atoms with Gasteiger partial charge in [-0.3, -0.25) is 0 Å². The third kappa shape index (κ3) is 4.17. The molecule has 3 aromatic rings. The van der Waals surface area contributed by atoms with E-state index >= 15 is 0 Å². The zero-order chi connectivity index (χ0) is 28.9. The number of hydrogen-bond donors (Lipinski definition) is 0. The SMILES string of the molecule is CC1(C)OB(c2ccc3c(c2)cc2n3C(c3ccccc3)OC3=C2C=CC(B2OC(C)(C)C(C)(C)O2)C3)OC1(C)C. The molecule has 7 rings (SSSR count). The number of ether oxygens (including phenoxy) is 1. The van der Waals surface area contributed by atoms with Crippen LogP contribution in [0.2, 0.25) is 5.82 Å². The van der Waals surface area contributed by atoms with Crippen LogP contribution >= 0.6 is 0 Å². The molecule has 2 unspecified atom stereocenters. The fraction of sp³-hybridized carbons (Fsp3) is 0.455. The van der Waals surface area contributed by atoms with Crippen molar-refractivity contribution in [3.63, 3.8) is 0 Å². The van der Waals surface area contributed by atoms with E-state index in [1.807, 2.05) is 6.07 Å². The minimum absolute atomic E-state index is 0.0668. The third-order valence-corrected chi connectivity index (χ3v) is 10.1. The van der Waals surface area contributed by atoms with Gasteiger partial charge in [-0.15, -0.1) is 0 Å². The van der Waals surface area contributed by atoms with Gasteiger partial charge in [-0.1, -0.05) is 54.6 Å². The lowest BCUT2D eigenvalue weighted by Gasteiger charge is -2.34. The van der Waals surface area contributed by atoms with Crippen LogP contribution in [0.15, 0.2) is 72.5 Å². The minimum atomic E-state index is -0.410. The van der Waals surface area contributed by atoms with Gasteiger partial charge in [0.15, 0.2) is 0 Å². The second-order valence-corrected chi connectivity index (χ2v) is 13.9. The van der Waals surface area contributed by atoms with Gasteiger partial charge in [0.25, 0.3) is 0 Å². The van der Waals surface area contributed by atoms with E-state index in [1.165, 1.54) is 0 Å². The average Bonchev–Trinajstić information content (AvgIpc) is 3.48. The van der Waals surface area contributed by atoms with Crippen LogP contribution in [0.1, 0.15) is 79.3 Å². The van der Waals surface area contributed by atoms with Crippen LogP contribution in [0.3, 0.4) is 0 Å². The zero-order valence-electron chi connectivity index (χ0n) is 25.4. The molecule has 1 aliphatic carbocycles. The second-order valence-electron chi connectivity index (χ2n) is 13.9. The highest BCUT2D eigenvalue weighted by atomic mass is 16.7. The Morgan fingerprint density at radius 2 is 1.39 bits per heavy atom. The van der Waals surface area contributed by atoms with Gasteiger partial charge in [-0.2, -0.15) is 0 Å². The Kier molecular flexibility index (Phi) is 5.86. The summed E-state index contributed by atoms with van der Waals surface area (Å²) in [6.45, 7) is 16.8. The first-order chi connectivity index (χ1) is 19.3. The van der Waals surface area contributed by atoms with E-state index < -0.39 is 7.12 Å². The number of nitrogens with zero attached hydrogens (tertiary/aromatic N) is 1. The summed E-state index contributed by atoms with van der Waals surface area (Å²) in [5.74, 6) is 1.04. The van der Waals surface area contributed by atoms with Crippen LogP contribution in [0, 0.1) is 0 Å². The average molecular weight is 551 g/mol. The number of benzene rings is 2. The van der Waals surface area contributed by atoms with Gasteiger partial charge in [0.05, 0.1) is 33.6 Å². The molecule has 212 valence electrons. The molecule has 8 heteroatoms. The molecule has 0 N–H and O–H groups in total. The lowest BCUT2D eigenvalue weighted by Crippen LogP contribution is -2.41. The summed E-state index contributed by atoms with van der Waals surface area (Å²) < 4.78 is 34.8. The normalized spacial score (nSPS) is 27.2. The summed E-state index contributed by atoms with van der Waals surface area (Å²) in [6.07, 6.45) is 4.85. The number of rotatable bonds is 3. The number of allylic oxidation sites excluding steroid dienone is 4. The van der Waals surface area contributed by atoms with E-state index in [9.17, 15) is 0 Å². The van der Waals surface area contributed by atoms with Crippen molar-refractivity contribution in [3.8, 4) is 0 Å². The van der Waals surface area contributed by atoms with E-state index in [0.717, 1.165) is 39.0 Å². The van der Waals surface area contributed by atoms with Crippen LogP contribution in [-0.2, 0) is 23.4 Å². The van der Waals surface area contributed by atoms with Crippen molar-refractivity contribution in [2.45, 2.75) is 96.3 Å². The van der Waals surface area contributed by atoms with E-state index in [-0.39, 0.29) is 41.6 Å². The maximum Gasteiger partial charge on any atom is 0.494 e. The van der Waals surface area contributed by atoms with Crippen LogP contribution in [-0.4, -0.2) is 41.2 Å². The van der Waals surface area contributed by atoms with Crippen molar-refractivity contribution in [1.29, 1.82) is 0 Å². The molecule has 2 saturated heterocycles. The van der Waals surface area contributed by atoms with E-state index in [0.29, 0.717) is 6.42 Å². The Morgan fingerprint density at radius 3 is 2.05 bits per heavy atom. The van der Waals surface area contributed by atoms with Crippen molar-refractivity contribution in [1.82, 2.24) is 4.57 Å².